The summed E-state index contributed by atoms with van der Waals surface area (Å²) in [4.78, 5) is 0. The van der Waals surface area contributed by atoms with Crippen molar-refractivity contribution < 1.29 is 14.9 Å². The molecule has 90 valence electrons. The standard InChI is InChI=1S/C11H16ClNO3/c1-6-5-7(12)11(16-2)10(15)9(6)8(14)3-4-13/h5,8,14-15H,3-4,13H2,1-2H3. The summed E-state index contributed by atoms with van der Waals surface area (Å²) in [5, 5.41) is 20.1. The summed E-state index contributed by atoms with van der Waals surface area (Å²) >= 11 is 5.90. The van der Waals surface area contributed by atoms with Crippen molar-refractivity contribution in [1.82, 2.24) is 0 Å². The van der Waals surface area contributed by atoms with Gasteiger partial charge >= 0.3 is 0 Å². The average Bonchev–Trinajstić information content (AvgIpc) is 2.17. The Hall–Kier alpha value is -0.970. The minimum absolute atomic E-state index is 0.117. The highest BCUT2D eigenvalue weighted by Gasteiger charge is 2.20. The third-order valence-corrected chi connectivity index (χ3v) is 2.71. The summed E-state index contributed by atoms with van der Waals surface area (Å²) in [6, 6.07) is 1.65. The number of benzene rings is 1. The Morgan fingerprint density at radius 2 is 2.19 bits per heavy atom. The maximum absolute atomic E-state index is 9.94. The molecule has 0 amide bonds. The Morgan fingerprint density at radius 3 is 2.69 bits per heavy atom. The molecule has 0 aliphatic carbocycles. The van der Waals surface area contributed by atoms with Gasteiger partial charge in [0.25, 0.3) is 0 Å². The first-order valence-electron chi connectivity index (χ1n) is 4.97. The van der Waals surface area contributed by atoms with Crippen molar-refractivity contribution in [2.45, 2.75) is 19.4 Å². The molecule has 0 saturated heterocycles. The SMILES string of the molecule is COc1c(Cl)cc(C)c(C(O)CCN)c1O. The first-order valence-corrected chi connectivity index (χ1v) is 5.34. The number of rotatable bonds is 4. The van der Waals surface area contributed by atoms with Gasteiger partial charge in [0.05, 0.1) is 18.2 Å². The summed E-state index contributed by atoms with van der Waals surface area (Å²) < 4.78 is 4.98. The van der Waals surface area contributed by atoms with Crippen LogP contribution in [-0.4, -0.2) is 23.9 Å². The molecule has 4 nitrogen and oxygen atoms in total. The van der Waals surface area contributed by atoms with Crippen molar-refractivity contribution in [3.63, 3.8) is 0 Å². The zero-order chi connectivity index (χ0) is 12.3. The molecule has 0 aliphatic rings. The summed E-state index contributed by atoms with van der Waals surface area (Å²) in [7, 11) is 1.41. The number of hydrogen-bond donors (Lipinski definition) is 3. The fraction of sp³-hybridized carbons (Fsp3) is 0.455. The van der Waals surface area contributed by atoms with Crippen molar-refractivity contribution in [3.8, 4) is 11.5 Å². The number of phenolic OH excluding ortho intramolecular Hbond substituents is 1. The molecule has 0 fully saturated rings. The Morgan fingerprint density at radius 1 is 1.56 bits per heavy atom. The first kappa shape index (κ1) is 13.1. The molecule has 5 heteroatoms. The Kier molecular flexibility index (Phi) is 4.41. The quantitative estimate of drug-likeness (QED) is 0.755. The molecule has 0 aromatic heterocycles. The highest BCUT2D eigenvalue weighted by Crippen LogP contribution is 2.42. The third kappa shape index (κ3) is 2.40. The van der Waals surface area contributed by atoms with Crippen LogP contribution in [0.1, 0.15) is 23.7 Å². The zero-order valence-corrected chi connectivity index (χ0v) is 10.1. The molecule has 1 aromatic carbocycles. The number of aliphatic hydroxyl groups excluding tert-OH is 1. The minimum atomic E-state index is -0.809. The highest BCUT2D eigenvalue weighted by molar-refractivity contribution is 6.32. The maximum atomic E-state index is 9.94. The lowest BCUT2D eigenvalue weighted by Gasteiger charge is -2.17. The molecule has 0 radical (unpaired) electrons. The number of aliphatic hydroxyl groups is 1. The van der Waals surface area contributed by atoms with Crippen LogP contribution in [0.25, 0.3) is 0 Å². The number of nitrogens with two attached hydrogens (primary N) is 1. The third-order valence-electron chi connectivity index (χ3n) is 2.43. The summed E-state index contributed by atoms with van der Waals surface area (Å²) in [6.45, 7) is 2.10. The number of hydrogen-bond acceptors (Lipinski definition) is 4. The van der Waals surface area contributed by atoms with E-state index in [-0.39, 0.29) is 11.5 Å². The van der Waals surface area contributed by atoms with E-state index in [0.717, 1.165) is 0 Å². The molecule has 0 aliphatic heterocycles. The van der Waals surface area contributed by atoms with Crippen LogP contribution < -0.4 is 10.5 Å². The van der Waals surface area contributed by atoms with Gasteiger partial charge in [-0.15, -0.1) is 0 Å². The monoisotopic (exact) mass is 245 g/mol. The zero-order valence-electron chi connectivity index (χ0n) is 9.33. The van der Waals surface area contributed by atoms with Crippen molar-refractivity contribution in [3.05, 3.63) is 22.2 Å². The van der Waals surface area contributed by atoms with Gasteiger partial charge in [-0.2, -0.15) is 0 Å². The second kappa shape index (κ2) is 5.39. The smallest absolute Gasteiger partial charge is 0.179 e. The Bertz CT molecular complexity index is 382. The van der Waals surface area contributed by atoms with Gasteiger partial charge in [0.15, 0.2) is 11.5 Å². The van der Waals surface area contributed by atoms with Crippen LogP contribution in [0.3, 0.4) is 0 Å². The van der Waals surface area contributed by atoms with Gasteiger partial charge < -0.3 is 20.7 Å². The van der Waals surface area contributed by atoms with Crippen LogP contribution in [0.2, 0.25) is 5.02 Å². The topological polar surface area (TPSA) is 75.7 Å². The molecular formula is C11H16ClNO3. The van der Waals surface area contributed by atoms with Crippen molar-refractivity contribution in [2.24, 2.45) is 5.73 Å². The van der Waals surface area contributed by atoms with Gasteiger partial charge in [0.1, 0.15) is 0 Å². The number of aromatic hydroxyl groups is 1. The summed E-state index contributed by atoms with van der Waals surface area (Å²) in [5.41, 5.74) is 6.50. The van der Waals surface area contributed by atoms with E-state index in [0.29, 0.717) is 29.1 Å². The first-order chi connectivity index (χ1) is 7.52. The molecule has 1 aromatic rings. The van der Waals surface area contributed by atoms with Gasteiger partial charge in [0, 0.05) is 5.56 Å². The van der Waals surface area contributed by atoms with Crippen molar-refractivity contribution in [2.75, 3.05) is 13.7 Å². The molecule has 4 N–H and O–H groups in total. The van der Waals surface area contributed by atoms with Gasteiger partial charge in [-0.1, -0.05) is 11.6 Å². The average molecular weight is 246 g/mol. The lowest BCUT2D eigenvalue weighted by molar-refractivity contribution is 0.165. The van der Waals surface area contributed by atoms with Gasteiger partial charge in [-0.05, 0) is 31.5 Å². The molecule has 0 bridgehead atoms. The van der Waals surface area contributed by atoms with Gasteiger partial charge in [0.2, 0.25) is 0 Å². The number of phenols is 1. The second-order valence-electron chi connectivity index (χ2n) is 3.56. The van der Waals surface area contributed by atoms with Crippen LogP contribution in [0.4, 0.5) is 0 Å². The van der Waals surface area contributed by atoms with Crippen LogP contribution >= 0.6 is 11.6 Å². The van der Waals surface area contributed by atoms with Crippen LogP contribution in [0.5, 0.6) is 11.5 Å². The van der Waals surface area contributed by atoms with Gasteiger partial charge in [-0.3, -0.25) is 0 Å². The Balaban J connectivity index is 3.27. The van der Waals surface area contributed by atoms with E-state index < -0.39 is 6.10 Å². The minimum Gasteiger partial charge on any atom is -0.504 e. The number of halogens is 1. The maximum Gasteiger partial charge on any atom is 0.179 e. The number of aryl methyl sites for hydroxylation is 1. The predicted octanol–water partition coefficient (Wildman–Crippen LogP) is 1.74. The fourth-order valence-electron chi connectivity index (χ4n) is 1.67. The highest BCUT2D eigenvalue weighted by atomic mass is 35.5. The lowest BCUT2D eigenvalue weighted by Crippen LogP contribution is -2.08. The largest absolute Gasteiger partial charge is 0.504 e. The second-order valence-corrected chi connectivity index (χ2v) is 3.97. The van der Waals surface area contributed by atoms with E-state index in [2.05, 4.69) is 0 Å². The molecule has 0 saturated carbocycles. The molecule has 16 heavy (non-hydrogen) atoms. The van der Waals surface area contributed by atoms with Crippen molar-refractivity contribution in [1.29, 1.82) is 0 Å². The van der Waals surface area contributed by atoms with E-state index >= 15 is 0 Å². The van der Waals surface area contributed by atoms with Crippen LogP contribution in [0, 0.1) is 6.92 Å². The fourth-order valence-corrected chi connectivity index (χ4v) is 2.00. The molecule has 1 rings (SSSR count). The summed E-state index contributed by atoms with van der Waals surface area (Å²) in [5.74, 6) is 0.0618. The lowest BCUT2D eigenvalue weighted by atomic mass is 9.99. The number of methoxy groups -OCH3 is 1. The van der Waals surface area contributed by atoms with Crippen LogP contribution in [0.15, 0.2) is 6.07 Å². The van der Waals surface area contributed by atoms with Crippen LogP contribution in [-0.2, 0) is 0 Å². The molecule has 0 heterocycles. The molecule has 1 unspecified atom stereocenters. The normalized spacial score (nSPS) is 12.6. The van der Waals surface area contributed by atoms with Crippen molar-refractivity contribution >= 4 is 11.6 Å². The van der Waals surface area contributed by atoms with Gasteiger partial charge in [-0.25, -0.2) is 0 Å². The summed E-state index contributed by atoms with van der Waals surface area (Å²) in [6.07, 6.45) is -0.435. The predicted molar refractivity (Wildman–Crippen MR) is 63.0 cm³/mol. The number of ether oxygens (including phenoxy) is 1. The van der Waals surface area contributed by atoms with E-state index in [1.807, 2.05) is 0 Å². The van der Waals surface area contributed by atoms with E-state index in [1.54, 1.807) is 13.0 Å². The van der Waals surface area contributed by atoms with E-state index in [9.17, 15) is 10.2 Å². The Labute approximate surface area is 99.6 Å². The van der Waals surface area contributed by atoms with E-state index in [1.165, 1.54) is 7.11 Å². The van der Waals surface area contributed by atoms with E-state index in [4.69, 9.17) is 22.1 Å². The molecular weight excluding hydrogens is 230 g/mol. The molecule has 0 spiro atoms. The molecule has 1 atom stereocenters.